The zero-order valence-electron chi connectivity index (χ0n) is 3.61. The Kier molecular flexibility index (Phi) is 1.46. The SMILES string of the molecule is SS1(S)C=CC=C1. The van der Waals surface area contributed by atoms with Crippen LogP contribution < -0.4 is 0 Å². The van der Waals surface area contributed by atoms with Gasteiger partial charge in [0, 0.05) is 0 Å². The normalized spacial score (nSPS) is 28.3. The maximum absolute atomic E-state index is 4.22. The summed E-state index contributed by atoms with van der Waals surface area (Å²) < 4.78 is 0. The monoisotopic (exact) mass is 150 g/mol. The predicted molar refractivity (Wildman–Crippen MR) is 43.8 cm³/mol. The van der Waals surface area contributed by atoms with Crippen molar-refractivity contribution in [3.05, 3.63) is 23.0 Å². The fourth-order valence-electron chi connectivity index (χ4n) is 0.367. The molecule has 3 heteroatoms. The molecule has 7 heavy (non-hydrogen) atoms. The van der Waals surface area contributed by atoms with Gasteiger partial charge in [-0.25, -0.2) is 0 Å². The van der Waals surface area contributed by atoms with Gasteiger partial charge in [-0.15, -0.1) is 31.4 Å². The molecule has 0 amide bonds. The molecule has 0 N–H and O–H groups in total. The van der Waals surface area contributed by atoms with Gasteiger partial charge in [-0.05, 0) is 10.8 Å². The summed E-state index contributed by atoms with van der Waals surface area (Å²) in [6.45, 7) is 0. The van der Waals surface area contributed by atoms with Crippen molar-refractivity contribution in [2.75, 3.05) is 0 Å². The zero-order chi connectivity index (χ0) is 5.33. The highest BCUT2D eigenvalue weighted by Crippen LogP contribution is 2.61. The van der Waals surface area contributed by atoms with Crippen LogP contribution in [0.2, 0.25) is 0 Å². The highest BCUT2D eigenvalue weighted by atomic mass is 33.5. The first-order valence-corrected chi connectivity index (χ1v) is 5.70. The van der Waals surface area contributed by atoms with E-state index in [0.29, 0.717) is 0 Å². The lowest BCUT2D eigenvalue weighted by molar-refractivity contribution is 2.15. The smallest absolute Gasteiger partial charge is 0.0250 e. The fourth-order valence-corrected chi connectivity index (χ4v) is 1.95. The highest BCUT2D eigenvalue weighted by molar-refractivity contribution is 9.20. The Hall–Kier alpha value is 0.530. The third kappa shape index (κ3) is 1.48. The van der Waals surface area contributed by atoms with Crippen LogP contribution in [0.5, 0.6) is 0 Å². The van der Waals surface area contributed by atoms with Gasteiger partial charge in [0.25, 0.3) is 0 Å². The molecule has 0 aliphatic carbocycles. The van der Waals surface area contributed by atoms with Gasteiger partial charge < -0.3 is 0 Å². The standard InChI is InChI=1S/C4H6S3/c5-7(6)3-1-2-4-7/h1-6H. The third-order valence-electron chi connectivity index (χ3n) is 0.669. The van der Waals surface area contributed by atoms with E-state index in [9.17, 15) is 0 Å². The molecule has 1 aliphatic heterocycles. The Bertz CT molecular complexity index is 109. The lowest BCUT2D eigenvalue weighted by atomic mass is 10.6. The summed E-state index contributed by atoms with van der Waals surface area (Å²) in [5.41, 5.74) is 0. The van der Waals surface area contributed by atoms with Crippen LogP contribution in [0.25, 0.3) is 0 Å². The maximum Gasteiger partial charge on any atom is -0.0250 e. The molecule has 0 aromatic heterocycles. The van der Waals surface area contributed by atoms with Crippen LogP contribution in [-0.2, 0) is 0 Å². The molecule has 0 bridgehead atoms. The number of hydrogen-bond acceptors (Lipinski definition) is 2. The van der Waals surface area contributed by atoms with Crippen molar-refractivity contribution in [1.82, 2.24) is 0 Å². The molecule has 40 valence electrons. The van der Waals surface area contributed by atoms with Gasteiger partial charge in [-0.3, -0.25) is 0 Å². The summed E-state index contributed by atoms with van der Waals surface area (Å²) >= 11 is 8.45. The zero-order valence-corrected chi connectivity index (χ0v) is 6.22. The summed E-state index contributed by atoms with van der Waals surface area (Å²) in [5.74, 6) is 0. The van der Waals surface area contributed by atoms with Crippen molar-refractivity contribution in [3.63, 3.8) is 0 Å². The van der Waals surface area contributed by atoms with Gasteiger partial charge >= 0.3 is 0 Å². The van der Waals surface area contributed by atoms with Gasteiger partial charge in [0.15, 0.2) is 0 Å². The Morgan fingerprint density at radius 3 is 1.57 bits per heavy atom. The Labute approximate surface area is 54.6 Å². The molecule has 0 aromatic carbocycles. The first-order chi connectivity index (χ1) is 3.21. The summed E-state index contributed by atoms with van der Waals surface area (Å²) in [5, 5.41) is 4.00. The average Bonchev–Trinajstić information content (AvgIpc) is 1.84. The van der Waals surface area contributed by atoms with Crippen LogP contribution in [0.3, 0.4) is 0 Å². The molecule has 0 radical (unpaired) electrons. The second-order valence-corrected chi connectivity index (χ2v) is 7.61. The van der Waals surface area contributed by atoms with E-state index in [0.717, 1.165) is 0 Å². The van der Waals surface area contributed by atoms with Crippen molar-refractivity contribution >= 4 is 31.4 Å². The summed E-state index contributed by atoms with van der Waals surface area (Å²) in [6.07, 6.45) is 3.94. The summed E-state index contributed by atoms with van der Waals surface area (Å²) in [7, 11) is -1.02. The van der Waals surface area contributed by atoms with Crippen molar-refractivity contribution in [1.29, 1.82) is 0 Å². The van der Waals surface area contributed by atoms with E-state index in [4.69, 9.17) is 0 Å². The second-order valence-electron chi connectivity index (χ2n) is 1.30. The number of hydrogen-bond donors (Lipinski definition) is 2. The van der Waals surface area contributed by atoms with Crippen LogP contribution in [0.4, 0.5) is 0 Å². The van der Waals surface area contributed by atoms with Gasteiger partial charge in [-0.2, -0.15) is 0 Å². The van der Waals surface area contributed by atoms with E-state index >= 15 is 0 Å². The van der Waals surface area contributed by atoms with E-state index in [2.05, 4.69) is 23.3 Å². The van der Waals surface area contributed by atoms with Crippen molar-refractivity contribution in [2.24, 2.45) is 0 Å². The second kappa shape index (κ2) is 1.80. The van der Waals surface area contributed by atoms with E-state index in [1.807, 2.05) is 23.0 Å². The van der Waals surface area contributed by atoms with Crippen LogP contribution >= 0.6 is 31.4 Å². The Morgan fingerprint density at radius 1 is 1.00 bits per heavy atom. The van der Waals surface area contributed by atoms with Crippen LogP contribution in [-0.4, -0.2) is 0 Å². The first kappa shape index (κ1) is 5.66. The van der Waals surface area contributed by atoms with Crippen molar-refractivity contribution in [3.8, 4) is 0 Å². The van der Waals surface area contributed by atoms with Crippen LogP contribution in [0.15, 0.2) is 23.0 Å². The van der Waals surface area contributed by atoms with Gasteiger partial charge in [0.1, 0.15) is 0 Å². The van der Waals surface area contributed by atoms with E-state index in [1.54, 1.807) is 0 Å². The Morgan fingerprint density at radius 2 is 1.43 bits per heavy atom. The quantitative estimate of drug-likeness (QED) is 0.385. The molecule has 1 aliphatic rings. The van der Waals surface area contributed by atoms with E-state index in [-0.39, 0.29) is 0 Å². The number of allylic oxidation sites excluding steroid dienone is 2. The average molecular weight is 150 g/mol. The summed E-state index contributed by atoms with van der Waals surface area (Å²) in [4.78, 5) is 0. The Balaban J connectivity index is 2.77. The lowest BCUT2D eigenvalue weighted by Gasteiger charge is -2.13. The molecule has 0 spiro atoms. The first-order valence-electron chi connectivity index (χ1n) is 1.84. The summed E-state index contributed by atoms with van der Waals surface area (Å²) in [6, 6.07) is 0. The molecule has 0 fully saturated rings. The van der Waals surface area contributed by atoms with Crippen LogP contribution in [0, 0.1) is 0 Å². The molecule has 0 aromatic rings. The minimum Gasteiger partial charge on any atom is -0.114 e. The molecular formula is C4H6S3. The molecular weight excluding hydrogens is 144 g/mol. The van der Waals surface area contributed by atoms with Gasteiger partial charge in [-0.1, -0.05) is 12.2 Å². The molecule has 0 atom stereocenters. The largest absolute Gasteiger partial charge is 0.114 e. The topological polar surface area (TPSA) is 0 Å². The van der Waals surface area contributed by atoms with E-state index in [1.165, 1.54) is 0 Å². The third-order valence-corrected chi connectivity index (χ3v) is 3.24. The number of thiol groups is 2. The van der Waals surface area contributed by atoms with Gasteiger partial charge in [0.05, 0.1) is 0 Å². The molecule has 0 nitrogen and oxygen atoms in total. The lowest BCUT2D eigenvalue weighted by Crippen LogP contribution is -1.56. The van der Waals surface area contributed by atoms with Gasteiger partial charge in [0.2, 0.25) is 0 Å². The fraction of sp³-hybridized carbons (Fsp3) is 0. The van der Waals surface area contributed by atoms with Crippen molar-refractivity contribution < 1.29 is 0 Å². The molecule has 0 saturated heterocycles. The molecule has 0 unspecified atom stereocenters. The molecule has 0 saturated carbocycles. The highest BCUT2D eigenvalue weighted by Gasteiger charge is 2.05. The van der Waals surface area contributed by atoms with E-state index < -0.39 is 8.09 Å². The molecule has 1 rings (SSSR count). The minimum atomic E-state index is -1.02. The number of rotatable bonds is 0. The minimum absolute atomic E-state index is 1.02. The maximum atomic E-state index is 4.22. The molecule has 1 heterocycles. The van der Waals surface area contributed by atoms with Crippen molar-refractivity contribution in [2.45, 2.75) is 0 Å². The van der Waals surface area contributed by atoms with Crippen LogP contribution in [0.1, 0.15) is 0 Å². The predicted octanol–water partition coefficient (Wildman–Crippen LogP) is 2.52.